The Kier molecular flexibility index (Phi) is 6.25. The molecule has 1 heterocycles. The van der Waals surface area contributed by atoms with E-state index in [9.17, 15) is 14.4 Å². The number of hydrogen-bond donors (Lipinski definition) is 1. The third kappa shape index (κ3) is 4.78. The Morgan fingerprint density at radius 3 is 2.52 bits per heavy atom. The van der Waals surface area contributed by atoms with Gasteiger partial charge in [0, 0.05) is 16.1 Å². The number of nitrogens with one attached hydrogen (secondary N) is 1. The number of halogens is 2. The number of hydrogen-bond acceptors (Lipinski definition) is 5. The molecule has 3 rings (SSSR count). The number of fused-ring (bicyclic) bond motifs is 1. The van der Waals surface area contributed by atoms with Gasteiger partial charge in [0.25, 0.3) is 5.91 Å². The third-order valence-electron chi connectivity index (χ3n) is 4.28. The van der Waals surface area contributed by atoms with E-state index >= 15 is 0 Å². The maximum atomic E-state index is 12.4. The van der Waals surface area contributed by atoms with Crippen LogP contribution in [0.4, 0.5) is 0 Å². The van der Waals surface area contributed by atoms with E-state index < -0.39 is 24.0 Å². The topological polar surface area (TPSA) is 85.6 Å². The van der Waals surface area contributed by atoms with Gasteiger partial charge in [0.1, 0.15) is 5.58 Å². The van der Waals surface area contributed by atoms with Gasteiger partial charge in [0.15, 0.2) is 11.5 Å². The number of ether oxygens (including phenoxy) is 1. The number of carbonyl (C=O) groups is 2. The van der Waals surface area contributed by atoms with Crippen molar-refractivity contribution in [3.8, 4) is 0 Å². The van der Waals surface area contributed by atoms with Gasteiger partial charge in [-0.2, -0.15) is 0 Å². The normalized spacial score (nSPS) is 13.0. The van der Waals surface area contributed by atoms with Crippen LogP contribution < -0.4 is 10.7 Å². The zero-order valence-electron chi connectivity index (χ0n) is 15.6. The second-order valence-electron chi connectivity index (χ2n) is 6.41. The van der Waals surface area contributed by atoms with Crippen LogP contribution in [0.25, 0.3) is 11.0 Å². The molecule has 1 amide bonds. The van der Waals surface area contributed by atoms with Crippen LogP contribution in [0.5, 0.6) is 0 Å². The number of carbonyl (C=O) groups excluding carboxylic acids is 2. The predicted octanol–water partition coefficient (Wildman–Crippen LogP) is 4.52. The first kappa shape index (κ1) is 20.9. The minimum Gasteiger partial charge on any atom is -0.449 e. The molecule has 1 N–H and O–H groups in total. The average molecular weight is 434 g/mol. The lowest BCUT2D eigenvalue weighted by molar-refractivity contribution is -0.129. The lowest BCUT2D eigenvalue weighted by Crippen LogP contribution is -2.37. The SMILES string of the molecule is CC(OC(=O)c1cc(=O)c2ccccc2o1)C(=O)NC(C)c1ccc(Cl)cc1Cl. The average Bonchev–Trinajstić information content (AvgIpc) is 2.67. The predicted molar refractivity (Wildman–Crippen MR) is 110 cm³/mol. The number of esters is 1. The summed E-state index contributed by atoms with van der Waals surface area (Å²) in [6, 6.07) is 12.1. The summed E-state index contributed by atoms with van der Waals surface area (Å²) in [5, 5.41) is 3.96. The van der Waals surface area contributed by atoms with Crippen LogP contribution in [0.3, 0.4) is 0 Å². The van der Waals surface area contributed by atoms with Crippen LogP contribution in [-0.4, -0.2) is 18.0 Å². The van der Waals surface area contributed by atoms with Crippen molar-refractivity contribution in [2.75, 3.05) is 0 Å². The summed E-state index contributed by atoms with van der Waals surface area (Å²) in [5.41, 5.74) is 0.556. The van der Waals surface area contributed by atoms with Crippen LogP contribution in [0.15, 0.2) is 57.7 Å². The van der Waals surface area contributed by atoms with Gasteiger partial charge in [0.2, 0.25) is 5.76 Å². The largest absolute Gasteiger partial charge is 0.449 e. The fourth-order valence-corrected chi connectivity index (χ4v) is 3.31. The van der Waals surface area contributed by atoms with Crippen LogP contribution in [-0.2, 0) is 9.53 Å². The maximum Gasteiger partial charge on any atom is 0.375 e. The van der Waals surface area contributed by atoms with Crippen molar-refractivity contribution < 1.29 is 18.7 Å². The number of para-hydroxylation sites is 1. The molecular weight excluding hydrogens is 417 g/mol. The molecule has 2 aromatic carbocycles. The van der Waals surface area contributed by atoms with Gasteiger partial charge in [-0.1, -0.05) is 41.4 Å². The monoisotopic (exact) mass is 433 g/mol. The molecule has 6 nitrogen and oxygen atoms in total. The van der Waals surface area contributed by atoms with Gasteiger partial charge in [-0.15, -0.1) is 0 Å². The van der Waals surface area contributed by atoms with E-state index in [2.05, 4.69) is 5.32 Å². The molecule has 2 unspecified atom stereocenters. The lowest BCUT2D eigenvalue weighted by atomic mass is 10.1. The minimum atomic E-state index is -1.12. The molecule has 2 atom stereocenters. The summed E-state index contributed by atoms with van der Waals surface area (Å²) in [4.78, 5) is 36.8. The molecule has 0 fully saturated rings. The van der Waals surface area contributed by atoms with Crippen LogP contribution in [0.1, 0.15) is 36.0 Å². The molecule has 150 valence electrons. The lowest BCUT2D eigenvalue weighted by Gasteiger charge is -2.19. The van der Waals surface area contributed by atoms with E-state index in [1.165, 1.54) is 6.92 Å². The van der Waals surface area contributed by atoms with Gasteiger partial charge in [-0.25, -0.2) is 4.79 Å². The highest BCUT2D eigenvalue weighted by Gasteiger charge is 2.23. The fraction of sp³-hybridized carbons (Fsp3) is 0.190. The van der Waals surface area contributed by atoms with E-state index in [-0.39, 0.29) is 16.8 Å². The Morgan fingerprint density at radius 2 is 1.79 bits per heavy atom. The van der Waals surface area contributed by atoms with Crippen molar-refractivity contribution in [3.63, 3.8) is 0 Å². The second kappa shape index (κ2) is 8.68. The Balaban J connectivity index is 1.69. The zero-order chi connectivity index (χ0) is 21.1. The number of amides is 1. The second-order valence-corrected chi connectivity index (χ2v) is 7.26. The highest BCUT2D eigenvalue weighted by Crippen LogP contribution is 2.26. The van der Waals surface area contributed by atoms with Crippen molar-refractivity contribution >= 4 is 46.0 Å². The summed E-state index contributed by atoms with van der Waals surface area (Å²) >= 11 is 12.0. The molecule has 0 bridgehead atoms. The van der Waals surface area contributed by atoms with Crippen molar-refractivity contribution in [2.24, 2.45) is 0 Å². The van der Waals surface area contributed by atoms with Crippen LogP contribution in [0.2, 0.25) is 10.0 Å². The molecule has 0 saturated carbocycles. The fourth-order valence-electron chi connectivity index (χ4n) is 2.74. The summed E-state index contributed by atoms with van der Waals surface area (Å²) < 4.78 is 10.6. The molecule has 0 aliphatic carbocycles. The summed E-state index contributed by atoms with van der Waals surface area (Å²) in [5.74, 6) is -1.71. The summed E-state index contributed by atoms with van der Waals surface area (Å²) in [6.45, 7) is 3.16. The highest BCUT2D eigenvalue weighted by atomic mass is 35.5. The first-order chi connectivity index (χ1) is 13.8. The Hall–Kier alpha value is -2.83. The maximum absolute atomic E-state index is 12.4. The van der Waals surface area contributed by atoms with Crippen molar-refractivity contribution in [1.82, 2.24) is 5.32 Å². The van der Waals surface area contributed by atoms with Crippen molar-refractivity contribution in [3.05, 3.63) is 80.1 Å². The molecule has 3 aromatic rings. The van der Waals surface area contributed by atoms with Gasteiger partial charge in [-0.05, 0) is 43.7 Å². The van der Waals surface area contributed by atoms with E-state index in [1.807, 2.05) is 0 Å². The Bertz CT molecular complexity index is 1140. The molecule has 0 aliphatic heterocycles. The van der Waals surface area contributed by atoms with Crippen molar-refractivity contribution in [1.29, 1.82) is 0 Å². The van der Waals surface area contributed by atoms with Gasteiger partial charge in [-0.3, -0.25) is 9.59 Å². The smallest absolute Gasteiger partial charge is 0.375 e. The van der Waals surface area contributed by atoms with E-state index in [4.69, 9.17) is 32.4 Å². The van der Waals surface area contributed by atoms with Crippen LogP contribution >= 0.6 is 23.2 Å². The zero-order valence-corrected chi connectivity index (χ0v) is 17.1. The van der Waals surface area contributed by atoms with Crippen molar-refractivity contribution in [2.45, 2.75) is 26.0 Å². The molecule has 0 radical (unpaired) electrons. The highest BCUT2D eigenvalue weighted by molar-refractivity contribution is 6.35. The molecule has 29 heavy (non-hydrogen) atoms. The minimum absolute atomic E-state index is 0.259. The molecule has 0 aliphatic rings. The summed E-state index contributed by atoms with van der Waals surface area (Å²) in [6.07, 6.45) is -1.12. The van der Waals surface area contributed by atoms with Crippen LogP contribution in [0, 0.1) is 0 Å². The first-order valence-electron chi connectivity index (χ1n) is 8.75. The quantitative estimate of drug-likeness (QED) is 0.597. The van der Waals surface area contributed by atoms with E-state index in [0.29, 0.717) is 21.0 Å². The van der Waals surface area contributed by atoms with E-state index in [0.717, 1.165) is 6.07 Å². The number of rotatable bonds is 5. The molecule has 0 spiro atoms. The first-order valence-corrected chi connectivity index (χ1v) is 9.51. The van der Waals surface area contributed by atoms with Gasteiger partial charge < -0.3 is 14.5 Å². The Morgan fingerprint density at radius 1 is 1.07 bits per heavy atom. The van der Waals surface area contributed by atoms with E-state index in [1.54, 1.807) is 49.4 Å². The summed E-state index contributed by atoms with van der Waals surface area (Å²) in [7, 11) is 0. The number of benzene rings is 2. The third-order valence-corrected chi connectivity index (χ3v) is 4.84. The molecule has 0 saturated heterocycles. The molecule has 1 aromatic heterocycles. The van der Waals surface area contributed by atoms with Gasteiger partial charge in [0.05, 0.1) is 11.4 Å². The standard InChI is InChI=1S/C21H17Cl2NO5/c1-11(14-8-7-13(22)9-16(14)23)24-20(26)12(2)28-21(27)19-10-17(25)15-5-3-4-6-18(15)29-19/h3-12H,1-2H3,(H,24,26). The molecule has 8 heteroatoms. The molecular formula is C21H17Cl2NO5. The Labute approximate surface area is 176 Å². The van der Waals surface area contributed by atoms with Gasteiger partial charge >= 0.3 is 5.97 Å².